The van der Waals surface area contributed by atoms with Gasteiger partial charge in [0.2, 0.25) is 0 Å². The fraction of sp³-hybridized carbons (Fsp3) is 0.303. The van der Waals surface area contributed by atoms with Crippen molar-refractivity contribution in [1.82, 2.24) is 10.4 Å². The molecule has 3 aromatic carbocycles. The number of fused-ring (bicyclic) bond motifs is 1. The van der Waals surface area contributed by atoms with Crippen LogP contribution in [0.3, 0.4) is 0 Å². The van der Waals surface area contributed by atoms with Crippen LogP contribution in [0.1, 0.15) is 75.5 Å². The van der Waals surface area contributed by atoms with Gasteiger partial charge in [-0.2, -0.15) is 5.10 Å². The summed E-state index contributed by atoms with van der Waals surface area (Å²) in [6, 6.07) is 20.9. The minimum atomic E-state index is -0.335. The first-order chi connectivity index (χ1) is 18.4. The maximum absolute atomic E-state index is 13.4. The van der Waals surface area contributed by atoms with Crippen molar-refractivity contribution in [2.75, 3.05) is 6.61 Å². The van der Waals surface area contributed by atoms with Crippen molar-refractivity contribution in [2.45, 2.75) is 59.3 Å². The third kappa shape index (κ3) is 6.28. The molecule has 1 aromatic heterocycles. The number of hydrazone groups is 1. The molecule has 0 unspecified atom stereocenters. The first-order valence-corrected chi connectivity index (χ1v) is 13.2. The first kappa shape index (κ1) is 27.8. The Hall–Kier alpha value is -4.19. The molecule has 4 rings (SSSR count). The fourth-order valence-electron chi connectivity index (χ4n) is 4.52. The predicted molar refractivity (Wildman–Crippen MR) is 159 cm³/mol. The van der Waals surface area contributed by atoms with E-state index >= 15 is 0 Å². The summed E-state index contributed by atoms with van der Waals surface area (Å²) < 4.78 is 5.65. The summed E-state index contributed by atoms with van der Waals surface area (Å²) in [6.45, 7) is 14.9. The zero-order chi connectivity index (χ0) is 28.4. The number of nitrogens with zero attached hydrogens (tertiary/aromatic N) is 2. The van der Waals surface area contributed by atoms with Crippen LogP contribution < -0.4 is 10.2 Å². The largest absolute Gasteiger partial charge is 0.507 e. The van der Waals surface area contributed by atoms with E-state index in [4.69, 9.17) is 9.72 Å². The number of amides is 1. The lowest BCUT2D eigenvalue weighted by molar-refractivity contribution is 0.0956. The van der Waals surface area contributed by atoms with Gasteiger partial charge in [-0.25, -0.2) is 10.4 Å². The predicted octanol–water partition coefficient (Wildman–Crippen LogP) is 7.37. The molecular weight excluding hydrogens is 486 g/mol. The Kier molecular flexibility index (Phi) is 7.77. The molecule has 0 bridgehead atoms. The number of phenolic OH excluding ortho intramolecular Hbond substituents is 1. The maximum Gasteiger partial charge on any atom is 0.272 e. The van der Waals surface area contributed by atoms with E-state index in [9.17, 15) is 9.90 Å². The number of hydrogen-bond acceptors (Lipinski definition) is 5. The van der Waals surface area contributed by atoms with Crippen LogP contribution in [0.15, 0.2) is 71.8 Å². The molecule has 1 amide bonds. The van der Waals surface area contributed by atoms with Crippen LogP contribution >= 0.6 is 0 Å². The van der Waals surface area contributed by atoms with E-state index in [1.807, 2.05) is 67.6 Å². The molecule has 6 heteroatoms. The molecule has 1 heterocycles. The van der Waals surface area contributed by atoms with Gasteiger partial charge in [0.15, 0.2) is 0 Å². The monoisotopic (exact) mass is 523 g/mol. The smallest absolute Gasteiger partial charge is 0.272 e. The number of nitrogens with one attached hydrogen (secondary N) is 1. The summed E-state index contributed by atoms with van der Waals surface area (Å²) in [4.78, 5) is 18.2. The number of carbonyl (C=O) groups is 1. The zero-order valence-electron chi connectivity index (χ0n) is 23.8. The molecule has 0 radical (unpaired) electrons. The molecule has 6 nitrogen and oxygen atoms in total. The lowest BCUT2D eigenvalue weighted by atomic mass is 9.78. The molecule has 0 spiro atoms. The fourth-order valence-corrected chi connectivity index (χ4v) is 4.52. The minimum absolute atomic E-state index is 0.261. The van der Waals surface area contributed by atoms with E-state index in [0.717, 1.165) is 33.4 Å². The van der Waals surface area contributed by atoms with Crippen LogP contribution in [0, 0.1) is 0 Å². The Balaban J connectivity index is 1.69. The van der Waals surface area contributed by atoms with Crippen molar-refractivity contribution in [3.05, 3.63) is 89.0 Å². The summed E-state index contributed by atoms with van der Waals surface area (Å²) >= 11 is 0. The highest BCUT2D eigenvalue weighted by Gasteiger charge is 2.26. The van der Waals surface area contributed by atoms with Crippen LogP contribution in [-0.2, 0) is 10.8 Å². The molecule has 0 aliphatic carbocycles. The topological polar surface area (TPSA) is 83.8 Å². The normalized spacial score (nSPS) is 12.2. The highest BCUT2D eigenvalue weighted by molar-refractivity contribution is 6.07. The number of phenols is 1. The number of rotatable bonds is 6. The Morgan fingerprint density at radius 3 is 2.26 bits per heavy atom. The van der Waals surface area contributed by atoms with Crippen LogP contribution in [0.5, 0.6) is 11.5 Å². The number of ether oxygens (including phenoxy) is 1. The maximum atomic E-state index is 13.4. The molecule has 39 heavy (non-hydrogen) atoms. The standard InChI is InChI=1S/C33H37N3O3/c1-8-39-23-13-11-12-22(18-23)29-19-25(24-14-9-10-15-28(24)35-29)31(38)36-34-20-21-16-26(32(2,3)4)30(37)27(17-21)33(5,6)7/h9-20,37H,8H2,1-7H3,(H,36,38). The van der Waals surface area contributed by atoms with Gasteiger partial charge in [-0.3, -0.25) is 4.79 Å². The van der Waals surface area contributed by atoms with Crippen LogP contribution in [-0.4, -0.2) is 28.8 Å². The van der Waals surface area contributed by atoms with Gasteiger partial charge in [-0.05, 0) is 59.7 Å². The van der Waals surface area contributed by atoms with E-state index in [2.05, 4.69) is 52.1 Å². The highest BCUT2D eigenvalue weighted by Crippen LogP contribution is 2.39. The van der Waals surface area contributed by atoms with Crippen molar-refractivity contribution >= 4 is 23.0 Å². The van der Waals surface area contributed by atoms with Crippen LogP contribution in [0.25, 0.3) is 22.2 Å². The second kappa shape index (κ2) is 10.9. The van der Waals surface area contributed by atoms with Crippen LogP contribution in [0.2, 0.25) is 0 Å². The van der Waals surface area contributed by atoms with Crippen molar-refractivity contribution in [3.8, 4) is 22.8 Å². The molecule has 2 N–H and O–H groups in total. The molecule has 0 aliphatic rings. The van der Waals surface area contributed by atoms with E-state index in [1.165, 1.54) is 0 Å². The number of pyridine rings is 1. The SMILES string of the molecule is CCOc1cccc(-c2cc(C(=O)NN=Cc3cc(C(C)(C)C)c(O)c(C(C)(C)C)c3)c3ccccc3n2)c1. The lowest BCUT2D eigenvalue weighted by Crippen LogP contribution is -2.19. The van der Waals surface area contributed by atoms with Gasteiger partial charge in [0.1, 0.15) is 11.5 Å². The third-order valence-corrected chi connectivity index (χ3v) is 6.53. The first-order valence-electron chi connectivity index (χ1n) is 13.2. The van der Waals surface area contributed by atoms with E-state index in [0.29, 0.717) is 29.1 Å². The highest BCUT2D eigenvalue weighted by atomic mass is 16.5. The molecular formula is C33H37N3O3. The van der Waals surface area contributed by atoms with Crippen molar-refractivity contribution in [1.29, 1.82) is 0 Å². The zero-order valence-corrected chi connectivity index (χ0v) is 23.8. The van der Waals surface area contributed by atoms with Gasteiger partial charge in [-0.15, -0.1) is 0 Å². The molecule has 0 aliphatic heterocycles. The number of aromatic nitrogens is 1. The lowest BCUT2D eigenvalue weighted by Gasteiger charge is -2.27. The number of carbonyl (C=O) groups excluding carboxylic acids is 1. The van der Waals surface area contributed by atoms with E-state index in [-0.39, 0.29) is 16.7 Å². The molecule has 0 saturated carbocycles. The number of benzene rings is 3. The molecule has 0 fully saturated rings. The number of para-hydroxylation sites is 1. The average Bonchev–Trinajstić information content (AvgIpc) is 2.87. The molecule has 202 valence electrons. The van der Waals surface area contributed by atoms with Gasteiger partial charge in [0, 0.05) is 22.1 Å². The van der Waals surface area contributed by atoms with Gasteiger partial charge in [0.05, 0.1) is 29.6 Å². The summed E-state index contributed by atoms with van der Waals surface area (Å²) in [5.74, 6) is 0.719. The van der Waals surface area contributed by atoms with Crippen molar-refractivity contribution in [3.63, 3.8) is 0 Å². The average molecular weight is 524 g/mol. The summed E-state index contributed by atoms with van der Waals surface area (Å²) in [5, 5.41) is 16.0. The van der Waals surface area contributed by atoms with Gasteiger partial charge >= 0.3 is 0 Å². The molecule has 0 atom stereocenters. The second-order valence-electron chi connectivity index (χ2n) is 11.7. The summed E-state index contributed by atoms with van der Waals surface area (Å²) in [6.07, 6.45) is 1.62. The Labute approximate surface area is 230 Å². The quantitative estimate of drug-likeness (QED) is 0.204. The van der Waals surface area contributed by atoms with Gasteiger partial charge in [-0.1, -0.05) is 71.9 Å². The van der Waals surface area contributed by atoms with Crippen molar-refractivity contribution < 1.29 is 14.6 Å². The third-order valence-electron chi connectivity index (χ3n) is 6.53. The van der Waals surface area contributed by atoms with Crippen molar-refractivity contribution in [2.24, 2.45) is 5.10 Å². The Morgan fingerprint density at radius 1 is 0.949 bits per heavy atom. The number of aromatic hydroxyl groups is 1. The van der Waals surface area contributed by atoms with E-state index < -0.39 is 0 Å². The Bertz CT molecular complexity index is 1510. The summed E-state index contributed by atoms with van der Waals surface area (Å²) in [7, 11) is 0. The van der Waals surface area contributed by atoms with Gasteiger partial charge in [0.25, 0.3) is 5.91 Å². The second-order valence-corrected chi connectivity index (χ2v) is 11.7. The van der Waals surface area contributed by atoms with Crippen LogP contribution in [0.4, 0.5) is 0 Å². The van der Waals surface area contributed by atoms with Gasteiger partial charge < -0.3 is 9.84 Å². The summed E-state index contributed by atoms with van der Waals surface area (Å²) in [5.41, 5.74) is 7.37. The molecule has 0 saturated heterocycles. The molecule has 4 aromatic rings. The minimum Gasteiger partial charge on any atom is -0.507 e. The number of hydrogen-bond donors (Lipinski definition) is 2. The Morgan fingerprint density at radius 2 is 1.62 bits per heavy atom. The van der Waals surface area contributed by atoms with E-state index in [1.54, 1.807) is 12.3 Å².